The molecule has 0 aliphatic rings. The van der Waals surface area contributed by atoms with Crippen LogP contribution in [0.4, 0.5) is 11.4 Å². The van der Waals surface area contributed by atoms with Crippen LogP contribution < -0.4 is 15.4 Å². The average molecular weight is 333 g/mol. The van der Waals surface area contributed by atoms with Crippen molar-refractivity contribution in [3.8, 4) is 5.75 Å². The normalized spacial score (nSPS) is 10.1. The molecule has 0 bridgehead atoms. The quantitative estimate of drug-likeness (QED) is 0.721. The maximum atomic E-state index is 12.3. The Kier molecular flexibility index (Phi) is 5.26. The van der Waals surface area contributed by atoms with Gasteiger partial charge in [0.05, 0.1) is 7.11 Å². The van der Waals surface area contributed by atoms with E-state index in [0.29, 0.717) is 12.1 Å². The van der Waals surface area contributed by atoms with Crippen molar-refractivity contribution < 1.29 is 9.53 Å². The summed E-state index contributed by atoms with van der Waals surface area (Å²) in [4.78, 5) is 16.4. The smallest absolute Gasteiger partial charge is 0.251 e. The molecule has 0 aliphatic carbocycles. The number of pyridine rings is 1. The molecule has 5 heteroatoms. The SMILES string of the molecule is COc1ccc(Nc2cccc(C(=O)NCc3cccnc3)c2)cc1. The van der Waals surface area contributed by atoms with Gasteiger partial charge < -0.3 is 15.4 Å². The second-order valence-corrected chi connectivity index (χ2v) is 5.48. The minimum Gasteiger partial charge on any atom is -0.497 e. The Hall–Kier alpha value is -3.34. The van der Waals surface area contributed by atoms with Crippen molar-refractivity contribution in [1.29, 1.82) is 0 Å². The lowest BCUT2D eigenvalue weighted by Gasteiger charge is -2.10. The third kappa shape index (κ3) is 4.57. The van der Waals surface area contributed by atoms with E-state index in [-0.39, 0.29) is 5.91 Å². The van der Waals surface area contributed by atoms with E-state index in [1.165, 1.54) is 0 Å². The van der Waals surface area contributed by atoms with E-state index in [2.05, 4.69) is 15.6 Å². The lowest BCUT2D eigenvalue weighted by Crippen LogP contribution is -2.22. The Morgan fingerprint density at radius 3 is 2.60 bits per heavy atom. The first-order valence-corrected chi connectivity index (χ1v) is 7.93. The van der Waals surface area contributed by atoms with Crippen LogP contribution in [0.15, 0.2) is 73.1 Å². The number of hydrogen-bond donors (Lipinski definition) is 2. The number of hydrogen-bond acceptors (Lipinski definition) is 4. The van der Waals surface area contributed by atoms with Crippen molar-refractivity contribution in [3.05, 3.63) is 84.2 Å². The maximum Gasteiger partial charge on any atom is 0.251 e. The fraction of sp³-hybridized carbons (Fsp3) is 0.100. The molecule has 3 aromatic rings. The third-order valence-electron chi connectivity index (χ3n) is 3.68. The highest BCUT2D eigenvalue weighted by Crippen LogP contribution is 2.20. The van der Waals surface area contributed by atoms with Crippen LogP contribution in [0, 0.1) is 0 Å². The zero-order chi connectivity index (χ0) is 17.5. The van der Waals surface area contributed by atoms with E-state index in [1.54, 1.807) is 25.6 Å². The number of carbonyl (C=O) groups excluding carboxylic acids is 1. The van der Waals surface area contributed by atoms with Crippen molar-refractivity contribution >= 4 is 17.3 Å². The predicted octanol–water partition coefficient (Wildman–Crippen LogP) is 3.76. The molecule has 2 N–H and O–H groups in total. The van der Waals surface area contributed by atoms with Crippen LogP contribution in [0.3, 0.4) is 0 Å². The van der Waals surface area contributed by atoms with Gasteiger partial charge in [-0.2, -0.15) is 0 Å². The number of methoxy groups -OCH3 is 1. The molecule has 2 aromatic carbocycles. The molecule has 0 unspecified atom stereocenters. The van der Waals surface area contributed by atoms with E-state index in [1.807, 2.05) is 54.6 Å². The average Bonchev–Trinajstić information content (AvgIpc) is 2.68. The van der Waals surface area contributed by atoms with E-state index < -0.39 is 0 Å². The third-order valence-corrected chi connectivity index (χ3v) is 3.68. The predicted molar refractivity (Wildman–Crippen MR) is 98.1 cm³/mol. The number of carbonyl (C=O) groups is 1. The van der Waals surface area contributed by atoms with Gasteiger partial charge in [0.25, 0.3) is 5.91 Å². The van der Waals surface area contributed by atoms with Crippen LogP contribution in [0.2, 0.25) is 0 Å². The van der Waals surface area contributed by atoms with Gasteiger partial charge in [0, 0.05) is 35.9 Å². The fourth-order valence-electron chi connectivity index (χ4n) is 2.37. The summed E-state index contributed by atoms with van der Waals surface area (Å²) >= 11 is 0. The van der Waals surface area contributed by atoms with Gasteiger partial charge >= 0.3 is 0 Å². The van der Waals surface area contributed by atoms with Gasteiger partial charge in [-0.1, -0.05) is 12.1 Å². The summed E-state index contributed by atoms with van der Waals surface area (Å²) in [5.74, 6) is 0.677. The minimum absolute atomic E-state index is 0.123. The summed E-state index contributed by atoms with van der Waals surface area (Å²) in [6, 6.07) is 18.8. The van der Waals surface area contributed by atoms with Crippen molar-refractivity contribution in [2.75, 3.05) is 12.4 Å². The number of rotatable bonds is 6. The summed E-state index contributed by atoms with van der Waals surface area (Å²) in [6.45, 7) is 0.447. The van der Waals surface area contributed by atoms with Gasteiger partial charge in [-0.25, -0.2) is 0 Å². The molecule has 5 nitrogen and oxygen atoms in total. The Morgan fingerprint density at radius 2 is 1.88 bits per heavy atom. The van der Waals surface area contributed by atoms with E-state index >= 15 is 0 Å². The molecule has 1 heterocycles. The molecular weight excluding hydrogens is 314 g/mol. The van der Waals surface area contributed by atoms with Crippen molar-refractivity contribution in [1.82, 2.24) is 10.3 Å². The highest BCUT2D eigenvalue weighted by Gasteiger charge is 2.06. The van der Waals surface area contributed by atoms with Crippen molar-refractivity contribution in [3.63, 3.8) is 0 Å². The highest BCUT2D eigenvalue weighted by atomic mass is 16.5. The molecule has 1 aromatic heterocycles. The monoisotopic (exact) mass is 333 g/mol. The zero-order valence-electron chi connectivity index (χ0n) is 13.9. The maximum absolute atomic E-state index is 12.3. The molecule has 0 atom stereocenters. The topological polar surface area (TPSA) is 63.2 Å². The number of aromatic nitrogens is 1. The molecule has 0 aliphatic heterocycles. The lowest BCUT2D eigenvalue weighted by atomic mass is 10.1. The molecule has 1 amide bonds. The zero-order valence-corrected chi connectivity index (χ0v) is 13.9. The van der Waals surface area contributed by atoms with Crippen LogP contribution in [-0.4, -0.2) is 18.0 Å². The summed E-state index contributed by atoms with van der Waals surface area (Å²) in [7, 11) is 1.63. The van der Waals surface area contributed by atoms with Crippen LogP contribution in [0.25, 0.3) is 0 Å². The number of anilines is 2. The molecular formula is C20H19N3O2. The van der Waals surface area contributed by atoms with Gasteiger partial charge in [-0.3, -0.25) is 9.78 Å². The molecule has 25 heavy (non-hydrogen) atoms. The summed E-state index contributed by atoms with van der Waals surface area (Å²) < 4.78 is 5.15. The van der Waals surface area contributed by atoms with Crippen LogP contribution in [0.1, 0.15) is 15.9 Å². The first-order chi connectivity index (χ1) is 12.2. The molecule has 126 valence electrons. The standard InChI is InChI=1S/C20H19N3O2/c1-25-19-9-7-17(8-10-19)23-18-6-2-5-16(12-18)20(24)22-14-15-4-3-11-21-13-15/h2-13,23H,14H2,1H3,(H,22,24). The van der Waals surface area contributed by atoms with Gasteiger partial charge in [0.1, 0.15) is 5.75 Å². The fourth-order valence-corrected chi connectivity index (χ4v) is 2.37. The molecule has 0 radical (unpaired) electrons. The largest absolute Gasteiger partial charge is 0.497 e. The van der Waals surface area contributed by atoms with Crippen LogP contribution in [0.5, 0.6) is 5.75 Å². The first-order valence-electron chi connectivity index (χ1n) is 7.93. The minimum atomic E-state index is -0.123. The lowest BCUT2D eigenvalue weighted by molar-refractivity contribution is 0.0951. The first kappa shape index (κ1) is 16.5. The second kappa shape index (κ2) is 7.97. The van der Waals surface area contributed by atoms with Crippen molar-refractivity contribution in [2.45, 2.75) is 6.54 Å². The number of nitrogens with zero attached hydrogens (tertiary/aromatic N) is 1. The number of nitrogens with one attached hydrogen (secondary N) is 2. The number of ether oxygens (including phenoxy) is 1. The second-order valence-electron chi connectivity index (χ2n) is 5.48. The molecule has 0 fully saturated rings. The molecule has 0 saturated heterocycles. The van der Waals surface area contributed by atoms with E-state index in [9.17, 15) is 4.79 Å². The van der Waals surface area contributed by atoms with E-state index in [0.717, 1.165) is 22.7 Å². The van der Waals surface area contributed by atoms with E-state index in [4.69, 9.17) is 4.74 Å². The summed E-state index contributed by atoms with van der Waals surface area (Å²) in [5.41, 5.74) is 3.33. The Bertz CT molecular complexity index is 833. The molecule has 3 rings (SSSR count). The number of amides is 1. The highest BCUT2D eigenvalue weighted by molar-refractivity contribution is 5.95. The number of benzene rings is 2. The van der Waals surface area contributed by atoms with Gasteiger partial charge in [-0.05, 0) is 54.1 Å². The van der Waals surface area contributed by atoms with Gasteiger partial charge in [-0.15, -0.1) is 0 Å². The molecule has 0 saturated carbocycles. The molecule has 0 spiro atoms. The summed E-state index contributed by atoms with van der Waals surface area (Å²) in [6.07, 6.45) is 3.45. The van der Waals surface area contributed by atoms with Crippen LogP contribution >= 0.6 is 0 Å². The Morgan fingerprint density at radius 1 is 1.04 bits per heavy atom. The summed E-state index contributed by atoms with van der Waals surface area (Å²) in [5, 5.41) is 6.18. The Labute approximate surface area is 146 Å². The van der Waals surface area contributed by atoms with Crippen molar-refractivity contribution in [2.24, 2.45) is 0 Å². The Balaban J connectivity index is 1.64. The van der Waals surface area contributed by atoms with Gasteiger partial charge in [0.15, 0.2) is 0 Å². The van der Waals surface area contributed by atoms with Crippen LogP contribution in [-0.2, 0) is 6.54 Å². The van der Waals surface area contributed by atoms with Gasteiger partial charge in [0.2, 0.25) is 0 Å².